The minimum atomic E-state index is -2.99. The zero-order chi connectivity index (χ0) is 20.3. The van der Waals surface area contributed by atoms with E-state index in [-0.39, 0.29) is 17.4 Å². The van der Waals surface area contributed by atoms with Crippen LogP contribution < -0.4 is 5.32 Å². The maximum absolute atomic E-state index is 13.1. The zero-order valence-electron chi connectivity index (χ0n) is 16.4. The molecule has 1 aromatic heterocycles. The van der Waals surface area contributed by atoms with Crippen LogP contribution in [0.25, 0.3) is 0 Å². The summed E-state index contributed by atoms with van der Waals surface area (Å²) in [4.78, 5) is 18.9. The number of benzene rings is 1. The molecule has 4 rings (SSSR count). The van der Waals surface area contributed by atoms with Crippen molar-refractivity contribution in [2.75, 3.05) is 44.2 Å². The second kappa shape index (κ2) is 8.95. The molecule has 156 valence electrons. The smallest absolute Gasteiger partial charge is 0.242 e. The van der Waals surface area contributed by atoms with Crippen molar-refractivity contribution in [2.24, 2.45) is 0 Å². The van der Waals surface area contributed by atoms with Gasteiger partial charge < -0.3 is 5.32 Å². The quantitative estimate of drug-likeness (QED) is 0.751. The fourth-order valence-electron chi connectivity index (χ4n) is 4.08. The molecular formula is C21H27N3O3S2. The minimum absolute atomic E-state index is 0.0521. The molecule has 1 fully saturated rings. The molecule has 1 atom stereocenters. The van der Waals surface area contributed by atoms with Gasteiger partial charge in [-0.25, -0.2) is 8.42 Å². The molecule has 6 nitrogen and oxygen atoms in total. The van der Waals surface area contributed by atoms with Gasteiger partial charge in [-0.1, -0.05) is 30.3 Å². The first-order valence-electron chi connectivity index (χ1n) is 10.1. The van der Waals surface area contributed by atoms with Crippen LogP contribution in [-0.2, 0) is 27.6 Å². The van der Waals surface area contributed by atoms with Gasteiger partial charge in [0.1, 0.15) is 6.04 Å². The molecule has 8 heteroatoms. The lowest BCUT2D eigenvalue weighted by Gasteiger charge is -2.34. The van der Waals surface area contributed by atoms with E-state index in [1.165, 1.54) is 10.4 Å². The lowest BCUT2D eigenvalue weighted by molar-refractivity contribution is -0.126. The summed E-state index contributed by atoms with van der Waals surface area (Å²) in [6.45, 7) is 4.16. The molecule has 1 aromatic carbocycles. The summed E-state index contributed by atoms with van der Waals surface area (Å²) >= 11 is 1.83. The molecule has 1 unspecified atom stereocenters. The summed E-state index contributed by atoms with van der Waals surface area (Å²) in [7, 11) is -2.99. The number of carbonyl (C=O) groups is 1. The van der Waals surface area contributed by atoms with Crippen LogP contribution in [0.5, 0.6) is 0 Å². The van der Waals surface area contributed by atoms with Crippen molar-refractivity contribution in [1.29, 1.82) is 0 Å². The van der Waals surface area contributed by atoms with Crippen LogP contribution in [0.2, 0.25) is 0 Å². The highest BCUT2D eigenvalue weighted by atomic mass is 32.2. The Bertz CT molecular complexity index is 929. The Hall–Kier alpha value is -1.74. The van der Waals surface area contributed by atoms with E-state index in [9.17, 15) is 13.2 Å². The highest BCUT2D eigenvalue weighted by molar-refractivity contribution is 7.91. The Morgan fingerprint density at radius 1 is 1.10 bits per heavy atom. The number of sulfone groups is 1. The summed E-state index contributed by atoms with van der Waals surface area (Å²) in [5.74, 6) is 0.171. The number of fused-ring (bicyclic) bond motifs is 1. The third-order valence-electron chi connectivity index (χ3n) is 5.72. The molecular weight excluding hydrogens is 406 g/mol. The van der Waals surface area contributed by atoms with Gasteiger partial charge in [0.15, 0.2) is 9.84 Å². The third-order valence-corrected chi connectivity index (χ3v) is 8.35. The molecule has 0 radical (unpaired) electrons. The first kappa shape index (κ1) is 20.5. The highest BCUT2D eigenvalue weighted by Crippen LogP contribution is 2.24. The maximum atomic E-state index is 13.1. The molecule has 2 aliphatic heterocycles. The van der Waals surface area contributed by atoms with Gasteiger partial charge in [-0.3, -0.25) is 14.6 Å². The van der Waals surface area contributed by atoms with Crippen molar-refractivity contribution in [1.82, 2.24) is 15.1 Å². The minimum Gasteiger partial charge on any atom is -0.353 e. The van der Waals surface area contributed by atoms with Crippen molar-refractivity contribution in [2.45, 2.75) is 19.0 Å². The van der Waals surface area contributed by atoms with Crippen LogP contribution in [0.1, 0.15) is 22.0 Å². The SMILES string of the molecule is O=C(NCCN1CCc2sccc2C1)C(c1ccccc1)N1CCS(=O)(=O)CC1. The number of carbonyl (C=O) groups excluding carboxylic acids is 1. The molecule has 0 saturated carbocycles. The van der Waals surface area contributed by atoms with E-state index >= 15 is 0 Å². The summed E-state index contributed by atoms with van der Waals surface area (Å²) in [6.07, 6.45) is 1.08. The monoisotopic (exact) mass is 433 g/mol. The summed E-state index contributed by atoms with van der Waals surface area (Å²) < 4.78 is 23.6. The Balaban J connectivity index is 1.37. The lowest BCUT2D eigenvalue weighted by atomic mass is 10.0. The molecule has 0 bridgehead atoms. The Morgan fingerprint density at radius 3 is 2.62 bits per heavy atom. The molecule has 0 aliphatic carbocycles. The molecule has 1 N–H and O–H groups in total. The Kier molecular flexibility index (Phi) is 6.34. The van der Waals surface area contributed by atoms with Gasteiger partial charge in [-0.2, -0.15) is 0 Å². The molecule has 2 aliphatic rings. The molecule has 29 heavy (non-hydrogen) atoms. The molecule has 3 heterocycles. The zero-order valence-corrected chi connectivity index (χ0v) is 18.1. The van der Waals surface area contributed by atoms with Gasteiger partial charge in [-0.05, 0) is 29.0 Å². The maximum Gasteiger partial charge on any atom is 0.242 e. The van der Waals surface area contributed by atoms with E-state index in [0.717, 1.165) is 31.6 Å². The van der Waals surface area contributed by atoms with Gasteiger partial charge in [0.25, 0.3) is 0 Å². The molecule has 0 spiro atoms. The van der Waals surface area contributed by atoms with Crippen molar-refractivity contribution >= 4 is 27.1 Å². The number of amides is 1. The van der Waals surface area contributed by atoms with Crippen molar-refractivity contribution in [3.63, 3.8) is 0 Å². The number of thiophene rings is 1. The fourth-order valence-corrected chi connectivity index (χ4v) is 6.20. The Labute approximate surface area is 176 Å². The van der Waals surface area contributed by atoms with E-state index in [0.29, 0.717) is 19.6 Å². The van der Waals surface area contributed by atoms with Crippen LogP contribution in [-0.4, -0.2) is 68.4 Å². The number of hydrogen-bond acceptors (Lipinski definition) is 6. The second-order valence-electron chi connectivity index (χ2n) is 7.69. The van der Waals surface area contributed by atoms with E-state index in [4.69, 9.17) is 0 Å². The van der Waals surface area contributed by atoms with Crippen LogP contribution in [0.4, 0.5) is 0 Å². The van der Waals surface area contributed by atoms with Crippen molar-refractivity contribution in [3.8, 4) is 0 Å². The third kappa shape index (κ3) is 5.06. The molecule has 1 saturated heterocycles. The first-order valence-corrected chi connectivity index (χ1v) is 12.8. The molecule has 2 aromatic rings. The largest absolute Gasteiger partial charge is 0.353 e. The van der Waals surface area contributed by atoms with Gasteiger partial charge in [-0.15, -0.1) is 11.3 Å². The number of nitrogens with one attached hydrogen (secondary N) is 1. The number of nitrogens with zero attached hydrogens (tertiary/aromatic N) is 2. The van der Waals surface area contributed by atoms with Crippen LogP contribution in [0, 0.1) is 0 Å². The average Bonchev–Trinajstić information content (AvgIpc) is 3.18. The summed E-state index contributed by atoms with van der Waals surface area (Å²) in [5.41, 5.74) is 2.31. The number of hydrogen-bond donors (Lipinski definition) is 1. The molecule has 1 amide bonds. The van der Waals surface area contributed by atoms with Gasteiger partial charge in [0, 0.05) is 44.1 Å². The van der Waals surface area contributed by atoms with Crippen molar-refractivity contribution in [3.05, 3.63) is 57.8 Å². The van der Waals surface area contributed by atoms with Crippen LogP contribution >= 0.6 is 11.3 Å². The van der Waals surface area contributed by atoms with E-state index in [2.05, 4.69) is 21.7 Å². The standard InChI is InChI=1S/C21H27N3O3S2/c25-21(22-8-10-23-9-6-19-18(16-23)7-13-28-19)20(17-4-2-1-3-5-17)24-11-14-29(26,27)15-12-24/h1-5,7,13,20H,6,8-12,14-16H2,(H,22,25). The predicted molar refractivity (Wildman–Crippen MR) is 116 cm³/mol. The van der Waals surface area contributed by atoms with Gasteiger partial charge in [0.2, 0.25) is 5.91 Å². The second-order valence-corrected chi connectivity index (χ2v) is 11.0. The summed E-state index contributed by atoms with van der Waals surface area (Å²) in [5, 5.41) is 5.25. The van der Waals surface area contributed by atoms with Crippen LogP contribution in [0.15, 0.2) is 41.8 Å². The fraction of sp³-hybridized carbons (Fsp3) is 0.476. The average molecular weight is 434 g/mol. The predicted octanol–water partition coefficient (Wildman–Crippen LogP) is 1.69. The van der Waals surface area contributed by atoms with Crippen LogP contribution in [0.3, 0.4) is 0 Å². The topological polar surface area (TPSA) is 69.7 Å². The first-order chi connectivity index (χ1) is 14.0. The van der Waals surface area contributed by atoms with Crippen molar-refractivity contribution < 1.29 is 13.2 Å². The highest BCUT2D eigenvalue weighted by Gasteiger charge is 2.32. The van der Waals surface area contributed by atoms with E-state index in [1.54, 1.807) is 0 Å². The number of rotatable bonds is 6. The Morgan fingerprint density at radius 2 is 1.86 bits per heavy atom. The normalized spacial score (nSPS) is 20.7. The summed E-state index contributed by atoms with van der Waals surface area (Å²) in [6, 6.07) is 11.4. The lowest BCUT2D eigenvalue weighted by Crippen LogP contribution is -2.48. The van der Waals surface area contributed by atoms with Gasteiger partial charge >= 0.3 is 0 Å². The van der Waals surface area contributed by atoms with E-state index < -0.39 is 15.9 Å². The van der Waals surface area contributed by atoms with Gasteiger partial charge in [0.05, 0.1) is 11.5 Å². The van der Waals surface area contributed by atoms with E-state index in [1.807, 2.05) is 46.6 Å².